The lowest BCUT2D eigenvalue weighted by atomic mass is 9.95. The molecule has 3 atom stereocenters. The third-order valence-electron chi connectivity index (χ3n) is 12.9. The molecule has 5 aliphatic rings. The zero-order valence-corrected chi connectivity index (χ0v) is 34.3. The smallest absolute Gasteiger partial charge is 0.322 e. The minimum atomic E-state index is -0.689. The van der Waals surface area contributed by atoms with Gasteiger partial charge in [0.1, 0.15) is 29.5 Å². The number of benzene rings is 3. The largest absolute Gasteiger partial charge is 0.495 e. The Kier molecular flexibility index (Phi) is 11.5. The van der Waals surface area contributed by atoms with Crippen LogP contribution in [0.1, 0.15) is 61.0 Å². The number of urea groups is 1. The zero-order chi connectivity index (χ0) is 42.2. The Morgan fingerprint density at radius 2 is 1.62 bits per heavy atom. The second-order valence-electron chi connectivity index (χ2n) is 16.7. The van der Waals surface area contributed by atoms with Gasteiger partial charge in [-0.25, -0.2) is 13.6 Å². The standard InChI is InChI=1S/C44H51F2N9O5/c1-27-24-54(28(2)23-53(27)33-5-4-30(22-47)40(19-33)60-3)44(59)48-37-20-36(46)39(21-35(37)45)52-12-10-29(11-13-52)25-50-14-16-51(17-15-50)32-6-7-34-31(18-32)26-55(43(34)58)38-8-9-41(56)49-42(38)57/h4-7,18-21,27-29,38H,8-17,23-26H2,1-3H3,(H,48,59)(H,49,56,57)/t27-,28+,38-/m0/s1. The molecule has 3 aromatic carbocycles. The maximum Gasteiger partial charge on any atom is 0.322 e. The molecule has 4 fully saturated rings. The van der Waals surface area contributed by atoms with Crippen molar-refractivity contribution in [3.63, 3.8) is 0 Å². The van der Waals surface area contributed by atoms with E-state index in [0.29, 0.717) is 61.9 Å². The van der Waals surface area contributed by atoms with Crippen molar-refractivity contribution in [2.75, 3.05) is 86.0 Å². The van der Waals surface area contributed by atoms with Gasteiger partial charge in [-0.3, -0.25) is 24.6 Å². The molecule has 3 aromatic rings. The molecule has 0 aliphatic carbocycles. The zero-order valence-electron chi connectivity index (χ0n) is 34.3. The van der Waals surface area contributed by atoms with E-state index in [2.05, 4.69) is 37.5 Å². The normalized spacial score (nSPS) is 22.8. The number of fused-ring (bicyclic) bond motifs is 1. The fourth-order valence-electron chi connectivity index (χ4n) is 9.45. The summed E-state index contributed by atoms with van der Waals surface area (Å²) in [6, 6.07) is 14.2. The van der Waals surface area contributed by atoms with Crippen LogP contribution in [-0.4, -0.2) is 123 Å². The Bertz CT molecular complexity index is 2220. The van der Waals surface area contributed by atoms with Gasteiger partial charge in [-0.05, 0) is 74.9 Å². The molecule has 0 unspecified atom stereocenters. The number of anilines is 4. The Hall–Kier alpha value is -5.95. The molecule has 5 heterocycles. The average molecular weight is 824 g/mol. The molecule has 0 saturated carbocycles. The molecule has 0 aromatic heterocycles. The first-order valence-corrected chi connectivity index (χ1v) is 20.8. The average Bonchev–Trinajstić information content (AvgIpc) is 3.57. The van der Waals surface area contributed by atoms with Gasteiger partial charge in [0, 0.05) is 119 Å². The molecule has 0 spiro atoms. The Labute approximate surface area is 348 Å². The topological polar surface area (TPSA) is 145 Å². The highest BCUT2D eigenvalue weighted by Gasteiger charge is 2.40. The quantitative estimate of drug-likeness (QED) is 0.305. The van der Waals surface area contributed by atoms with Crippen LogP contribution in [0, 0.1) is 28.9 Å². The molecule has 5 amide bonds. The van der Waals surface area contributed by atoms with E-state index in [1.165, 1.54) is 13.2 Å². The number of methoxy groups -OCH3 is 1. The number of rotatable bonds is 8. The first-order valence-electron chi connectivity index (χ1n) is 20.8. The van der Waals surface area contributed by atoms with Crippen molar-refractivity contribution in [2.45, 2.75) is 64.2 Å². The molecular weight excluding hydrogens is 773 g/mol. The van der Waals surface area contributed by atoms with Crippen LogP contribution >= 0.6 is 0 Å². The number of hydrogen-bond acceptors (Lipinski definition) is 10. The number of nitrogens with one attached hydrogen (secondary N) is 2. The summed E-state index contributed by atoms with van der Waals surface area (Å²) in [5, 5.41) is 14.3. The summed E-state index contributed by atoms with van der Waals surface area (Å²) in [4.78, 5) is 62.6. The molecule has 14 nitrogen and oxygen atoms in total. The molecular formula is C44H51F2N9O5. The van der Waals surface area contributed by atoms with Gasteiger partial charge >= 0.3 is 6.03 Å². The van der Waals surface area contributed by atoms with E-state index in [1.807, 2.05) is 43.0 Å². The number of amides is 5. The van der Waals surface area contributed by atoms with E-state index < -0.39 is 29.6 Å². The van der Waals surface area contributed by atoms with Crippen LogP contribution in [0.15, 0.2) is 48.5 Å². The van der Waals surface area contributed by atoms with E-state index in [0.717, 1.165) is 68.6 Å². The molecule has 60 heavy (non-hydrogen) atoms. The molecule has 316 valence electrons. The summed E-state index contributed by atoms with van der Waals surface area (Å²) in [6.45, 7) is 10.6. The SMILES string of the molecule is COc1cc(N2C[C@@H](C)N(C(=O)Nc3cc(F)c(N4CCC(CN5CCN(c6ccc7c(c6)CN([C@H]6CCC(=O)NC6=O)C7=O)CC5)CC4)cc3F)C[C@@H]2C)ccc1C#N. The van der Waals surface area contributed by atoms with Gasteiger partial charge in [0.25, 0.3) is 5.91 Å². The van der Waals surface area contributed by atoms with Gasteiger partial charge in [0.2, 0.25) is 11.8 Å². The van der Waals surface area contributed by atoms with Crippen LogP contribution in [0.3, 0.4) is 0 Å². The summed E-state index contributed by atoms with van der Waals surface area (Å²) in [5.74, 6) is -1.26. The lowest BCUT2D eigenvalue weighted by Gasteiger charge is -2.45. The van der Waals surface area contributed by atoms with E-state index >= 15 is 8.78 Å². The van der Waals surface area contributed by atoms with Crippen molar-refractivity contribution in [2.24, 2.45) is 5.92 Å². The monoisotopic (exact) mass is 823 g/mol. The van der Waals surface area contributed by atoms with Crippen LogP contribution in [0.2, 0.25) is 0 Å². The van der Waals surface area contributed by atoms with Crippen molar-refractivity contribution < 1.29 is 32.7 Å². The minimum Gasteiger partial charge on any atom is -0.495 e. The molecule has 4 saturated heterocycles. The first-order chi connectivity index (χ1) is 28.9. The van der Waals surface area contributed by atoms with Gasteiger partial charge in [-0.1, -0.05) is 0 Å². The van der Waals surface area contributed by atoms with E-state index in [1.54, 1.807) is 15.9 Å². The predicted octanol–water partition coefficient (Wildman–Crippen LogP) is 4.78. The van der Waals surface area contributed by atoms with Crippen LogP contribution in [-0.2, 0) is 16.1 Å². The van der Waals surface area contributed by atoms with E-state index in [9.17, 15) is 24.4 Å². The third kappa shape index (κ3) is 8.15. The number of piperazine rings is 2. The summed E-state index contributed by atoms with van der Waals surface area (Å²) >= 11 is 0. The second kappa shape index (κ2) is 17.0. The number of ether oxygens (including phenoxy) is 1. The predicted molar refractivity (Wildman–Crippen MR) is 222 cm³/mol. The van der Waals surface area contributed by atoms with Gasteiger partial charge < -0.3 is 34.6 Å². The Morgan fingerprint density at radius 3 is 2.33 bits per heavy atom. The molecule has 0 radical (unpaired) electrons. The lowest BCUT2D eigenvalue weighted by Crippen LogP contribution is -2.59. The van der Waals surface area contributed by atoms with Gasteiger partial charge in [0.15, 0.2) is 0 Å². The van der Waals surface area contributed by atoms with Crippen LogP contribution in [0.5, 0.6) is 5.75 Å². The second-order valence-corrected chi connectivity index (χ2v) is 16.7. The fraction of sp³-hybridized carbons (Fsp3) is 0.477. The van der Waals surface area contributed by atoms with Crippen LogP contribution in [0.25, 0.3) is 0 Å². The van der Waals surface area contributed by atoms with Crippen molar-refractivity contribution in [3.05, 3.63) is 76.9 Å². The van der Waals surface area contributed by atoms with Crippen molar-refractivity contribution in [1.29, 1.82) is 5.26 Å². The number of hydrogen-bond donors (Lipinski definition) is 2. The number of carbonyl (C=O) groups excluding carboxylic acids is 4. The summed E-state index contributed by atoms with van der Waals surface area (Å²) in [7, 11) is 1.52. The minimum absolute atomic E-state index is 0.0893. The Balaban J connectivity index is 0.800. The number of nitriles is 1. The van der Waals surface area contributed by atoms with Crippen molar-refractivity contribution >= 4 is 46.5 Å². The van der Waals surface area contributed by atoms with Crippen molar-refractivity contribution in [1.82, 2.24) is 20.0 Å². The number of imide groups is 1. The highest BCUT2D eigenvalue weighted by molar-refractivity contribution is 6.05. The highest BCUT2D eigenvalue weighted by atomic mass is 19.1. The maximum atomic E-state index is 15.6. The molecule has 2 N–H and O–H groups in total. The number of carbonyl (C=O) groups is 4. The Morgan fingerprint density at radius 1 is 0.867 bits per heavy atom. The summed E-state index contributed by atoms with van der Waals surface area (Å²) in [6.07, 6.45) is 2.25. The van der Waals surface area contributed by atoms with E-state index in [4.69, 9.17) is 4.74 Å². The number of nitrogens with zero attached hydrogens (tertiary/aromatic N) is 7. The molecule has 8 rings (SSSR count). The fourth-order valence-corrected chi connectivity index (χ4v) is 9.45. The van der Waals surface area contributed by atoms with E-state index in [-0.39, 0.29) is 41.7 Å². The number of piperidine rings is 2. The summed E-state index contributed by atoms with van der Waals surface area (Å²) < 4.78 is 36.5. The van der Waals surface area contributed by atoms with Crippen LogP contribution < -0.4 is 30.1 Å². The first kappa shape index (κ1) is 40.8. The third-order valence-corrected chi connectivity index (χ3v) is 12.9. The highest BCUT2D eigenvalue weighted by Crippen LogP contribution is 2.34. The maximum absolute atomic E-state index is 15.6. The van der Waals surface area contributed by atoms with Crippen LogP contribution in [0.4, 0.5) is 36.3 Å². The summed E-state index contributed by atoms with van der Waals surface area (Å²) in [5.41, 5.74) is 3.85. The van der Waals surface area contributed by atoms with Gasteiger partial charge in [-0.15, -0.1) is 0 Å². The van der Waals surface area contributed by atoms with Gasteiger partial charge in [-0.2, -0.15) is 5.26 Å². The lowest BCUT2D eigenvalue weighted by molar-refractivity contribution is -0.136. The van der Waals surface area contributed by atoms with Gasteiger partial charge in [0.05, 0.1) is 24.0 Å². The molecule has 16 heteroatoms. The van der Waals surface area contributed by atoms with Crippen molar-refractivity contribution in [3.8, 4) is 11.8 Å². The molecule has 5 aliphatic heterocycles. The number of halogens is 2. The molecule has 0 bridgehead atoms.